The fourth-order valence-electron chi connectivity index (χ4n) is 2.44. The number of hydrogen-bond donors (Lipinski definition) is 0. The van der Waals surface area contributed by atoms with Crippen LogP contribution in [0.15, 0.2) is 53.4 Å². The minimum absolute atomic E-state index is 0.0402. The van der Waals surface area contributed by atoms with E-state index in [1.807, 2.05) is 37.3 Å². The maximum atomic E-state index is 12.3. The highest BCUT2D eigenvalue weighted by Gasteiger charge is 2.20. The average molecular weight is 388 g/mol. The van der Waals surface area contributed by atoms with Gasteiger partial charge in [0.25, 0.3) is 11.6 Å². The summed E-state index contributed by atoms with van der Waals surface area (Å²) in [7, 11) is 0. The van der Waals surface area contributed by atoms with Gasteiger partial charge in [0.2, 0.25) is 0 Å². The molecule has 0 bridgehead atoms. The van der Waals surface area contributed by atoms with Gasteiger partial charge in [-0.25, -0.2) is 4.79 Å². The van der Waals surface area contributed by atoms with Crippen molar-refractivity contribution in [3.05, 3.63) is 69.8 Å². The second kappa shape index (κ2) is 9.72. The van der Waals surface area contributed by atoms with Crippen LogP contribution in [0, 0.1) is 10.1 Å². The first-order chi connectivity index (χ1) is 13.0. The molecule has 2 aromatic carbocycles. The normalized spacial score (nSPS) is 10.3. The summed E-state index contributed by atoms with van der Waals surface area (Å²) in [5.74, 6) is -1.10. The lowest BCUT2D eigenvalue weighted by Crippen LogP contribution is -2.34. The van der Waals surface area contributed by atoms with Crippen molar-refractivity contribution >= 4 is 29.3 Å². The highest BCUT2D eigenvalue weighted by molar-refractivity contribution is 7.98. The van der Waals surface area contributed by atoms with Crippen LogP contribution in [0.5, 0.6) is 0 Å². The molecule has 0 atom stereocenters. The Balaban J connectivity index is 2.00. The van der Waals surface area contributed by atoms with Crippen LogP contribution in [0.25, 0.3) is 0 Å². The van der Waals surface area contributed by atoms with Gasteiger partial charge >= 0.3 is 5.97 Å². The predicted molar refractivity (Wildman–Crippen MR) is 103 cm³/mol. The van der Waals surface area contributed by atoms with Crippen molar-refractivity contribution in [1.82, 2.24) is 4.90 Å². The molecule has 2 aromatic rings. The van der Waals surface area contributed by atoms with Crippen LogP contribution in [0.2, 0.25) is 0 Å². The van der Waals surface area contributed by atoms with Crippen molar-refractivity contribution in [3.63, 3.8) is 0 Å². The molecule has 0 aliphatic carbocycles. The molecular formula is C19H20N2O5S. The molecule has 0 N–H and O–H groups in total. The smallest absolute Gasteiger partial charge is 0.338 e. The Morgan fingerprint density at radius 1 is 1.19 bits per heavy atom. The van der Waals surface area contributed by atoms with E-state index < -0.39 is 17.5 Å². The lowest BCUT2D eigenvalue weighted by molar-refractivity contribution is -0.387. The quantitative estimate of drug-likeness (QED) is 0.297. The molecule has 2 rings (SSSR count). The number of amides is 1. The van der Waals surface area contributed by atoms with Crippen LogP contribution < -0.4 is 0 Å². The highest BCUT2D eigenvalue weighted by Crippen LogP contribution is 2.28. The van der Waals surface area contributed by atoms with Crippen LogP contribution in [0.4, 0.5) is 5.69 Å². The van der Waals surface area contributed by atoms with E-state index in [9.17, 15) is 19.7 Å². The number of ether oxygens (including phenoxy) is 1. The number of nitro groups is 1. The Kier molecular flexibility index (Phi) is 7.36. The summed E-state index contributed by atoms with van der Waals surface area (Å²) in [4.78, 5) is 37.1. The summed E-state index contributed by atoms with van der Waals surface area (Å²) >= 11 is 1.22. The van der Waals surface area contributed by atoms with Crippen LogP contribution >= 0.6 is 11.8 Å². The first-order valence-corrected chi connectivity index (χ1v) is 9.50. The average Bonchev–Trinajstić information content (AvgIpc) is 2.70. The SMILES string of the molecule is CCN(Cc1ccccc1)C(=O)COC(=O)c1ccc(SC)c([N+](=O)[O-])c1. The van der Waals surface area contributed by atoms with Crippen molar-refractivity contribution in [1.29, 1.82) is 0 Å². The Morgan fingerprint density at radius 2 is 1.89 bits per heavy atom. The third-order valence-electron chi connectivity index (χ3n) is 3.89. The second-order valence-electron chi connectivity index (χ2n) is 5.61. The van der Waals surface area contributed by atoms with Gasteiger partial charge in [0.05, 0.1) is 15.4 Å². The number of benzene rings is 2. The molecule has 8 heteroatoms. The standard InChI is InChI=1S/C19H20N2O5S/c1-3-20(12-14-7-5-4-6-8-14)18(22)13-26-19(23)15-9-10-17(27-2)16(11-15)21(24)25/h4-11H,3,12-13H2,1-2H3. The van der Waals surface area contributed by atoms with Crippen LogP contribution in [0.3, 0.4) is 0 Å². The van der Waals surface area contributed by atoms with Crippen LogP contribution in [-0.4, -0.2) is 41.1 Å². The molecule has 7 nitrogen and oxygen atoms in total. The van der Waals surface area contributed by atoms with E-state index in [0.717, 1.165) is 5.56 Å². The maximum absolute atomic E-state index is 12.3. The molecule has 0 fully saturated rings. The zero-order valence-corrected chi connectivity index (χ0v) is 15.9. The van der Waals surface area contributed by atoms with Crippen molar-refractivity contribution in [2.75, 3.05) is 19.4 Å². The van der Waals surface area contributed by atoms with Crippen LogP contribution in [-0.2, 0) is 16.1 Å². The summed E-state index contributed by atoms with van der Waals surface area (Å²) in [5.41, 5.74) is 0.850. The fourth-order valence-corrected chi connectivity index (χ4v) is 2.99. The summed E-state index contributed by atoms with van der Waals surface area (Å²) in [6, 6.07) is 13.6. The van der Waals surface area contributed by atoms with E-state index in [4.69, 9.17) is 4.74 Å². The highest BCUT2D eigenvalue weighted by atomic mass is 32.2. The van der Waals surface area contributed by atoms with Gasteiger partial charge < -0.3 is 9.64 Å². The monoisotopic (exact) mass is 388 g/mol. The van der Waals surface area contributed by atoms with Crippen molar-refractivity contribution in [3.8, 4) is 0 Å². The molecule has 0 unspecified atom stereocenters. The molecule has 142 valence electrons. The third kappa shape index (κ3) is 5.55. The molecule has 0 spiro atoms. The van der Waals surface area contributed by atoms with Gasteiger partial charge in [-0.15, -0.1) is 11.8 Å². The molecule has 0 aromatic heterocycles. The van der Waals surface area contributed by atoms with Crippen molar-refractivity contribution < 1.29 is 19.2 Å². The predicted octanol–water partition coefficient (Wildman–Crippen LogP) is 3.52. The number of thioether (sulfide) groups is 1. The second-order valence-corrected chi connectivity index (χ2v) is 6.46. The topological polar surface area (TPSA) is 89.8 Å². The molecule has 0 aliphatic rings. The number of nitrogens with zero attached hydrogens (tertiary/aromatic N) is 2. The number of esters is 1. The first-order valence-electron chi connectivity index (χ1n) is 8.27. The number of likely N-dealkylation sites (N-methyl/N-ethyl adjacent to an activating group) is 1. The molecular weight excluding hydrogens is 368 g/mol. The van der Waals surface area contributed by atoms with Gasteiger partial charge in [-0.05, 0) is 30.9 Å². The zero-order chi connectivity index (χ0) is 19.8. The zero-order valence-electron chi connectivity index (χ0n) is 15.1. The Bertz CT molecular complexity index is 826. The summed E-state index contributed by atoms with van der Waals surface area (Å²) in [6.45, 7) is 2.31. The lowest BCUT2D eigenvalue weighted by Gasteiger charge is -2.20. The van der Waals surface area contributed by atoms with Gasteiger partial charge in [0, 0.05) is 19.2 Å². The summed E-state index contributed by atoms with van der Waals surface area (Å²) in [5, 5.41) is 11.1. The van der Waals surface area contributed by atoms with Crippen molar-refractivity contribution in [2.24, 2.45) is 0 Å². The van der Waals surface area contributed by atoms with Gasteiger partial charge in [-0.1, -0.05) is 30.3 Å². The Hall–Kier alpha value is -2.87. The van der Waals surface area contributed by atoms with Gasteiger partial charge in [0.1, 0.15) is 0 Å². The molecule has 27 heavy (non-hydrogen) atoms. The van der Waals surface area contributed by atoms with Crippen LogP contribution in [0.1, 0.15) is 22.8 Å². The molecule has 0 heterocycles. The number of nitro benzene ring substituents is 1. The molecule has 0 saturated heterocycles. The molecule has 1 amide bonds. The molecule has 0 aliphatic heterocycles. The van der Waals surface area contributed by atoms with E-state index in [-0.39, 0.29) is 17.2 Å². The number of carbonyl (C=O) groups excluding carboxylic acids is 2. The van der Waals surface area contributed by atoms with Gasteiger partial charge in [-0.3, -0.25) is 14.9 Å². The van der Waals surface area contributed by atoms with Gasteiger partial charge in [-0.2, -0.15) is 0 Å². The summed E-state index contributed by atoms with van der Waals surface area (Å²) in [6.07, 6.45) is 1.71. The van der Waals surface area contributed by atoms with E-state index in [1.165, 1.54) is 30.0 Å². The Labute approximate surface area is 161 Å². The third-order valence-corrected chi connectivity index (χ3v) is 4.67. The van der Waals surface area contributed by atoms with E-state index in [2.05, 4.69) is 0 Å². The largest absolute Gasteiger partial charge is 0.452 e. The molecule has 0 saturated carbocycles. The van der Waals surface area contributed by atoms with E-state index in [1.54, 1.807) is 11.2 Å². The lowest BCUT2D eigenvalue weighted by atomic mass is 10.2. The Morgan fingerprint density at radius 3 is 2.48 bits per heavy atom. The number of carbonyl (C=O) groups is 2. The molecule has 0 radical (unpaired) electrons. The minimum atomic E-state index is -0.769. The van der Waals surface area contributed by atoms with E-state index in [0.29, 0.717) is 18.0 Å². The fraction of sp³-hybridized carbons (Fsp3) is 0.263. The first kappa shape index (κ1) is 20.4. The number of hydrogen-bond acceptors (Lipinski definition) is 6. The van der Waals surface area contributed by atoms with Crippen molar-refractivity contribution in [2.45, 2.75) is 18.4 Å². The van der Waals surface area contributed by atoms with Gasteiger partial charge in [0.15, 0.2) is 6.61 Å². The maximum Gasteiger partial charge on any atom is 0.338 e. The van der Waals surface area contributed by atoms with E-state index >= 15 is 0 Å². The summed E-state index contributed by atoms with van der Waals surface area (Å²) < 4.78 is 5.06. The minimum Gasteiger partial charge on any atom is -0.452 e. The number of rotatable bonds is 8.